The molecule has 16 heavy (non-hydrogen) atoms. The summed E-state index contributed by atoms with van der Waals surface area (Å²) in [6, 6.07) is 7.89. The Hall–Kier alpha value is -1.02. The molecule has 1 aromatic rings. The second-order valence-corrected chi connectivity index (χ2v) is 4.17. The average molecular weight is 222 g/mol. The van der Waals surface area contributed by atoms with Crippen LogP contribution in [0.2, 0.25) is 0 Å². The van der Waals surface area contributed by atoms with Gasteiger partial charge in [-0.15, -0.1) is 0 Å². The van der Waals surface area contributed by atoms with E-state index in [1.807, 2.05) is 24.3 Å². The lowest BCUT2D eigenvalue weighted by Crippen LogP contribution is -2.11. The molecular weight excluding hydrogens is 200 g/mol. The SMILES string of the molecule is CCCCCC(O)Cc1ccccc1OC. The fraction of sp³-hybridized carbons (Fsp3) is 0.571. The predicted octanol–water partition coefficient (Wildman–Crippen LogP) is 3.18. The number of aliphatic hydroxyl groups is 1. The van der Waals surface area contributed by atoms with Gasteiger partial charge < -0.3 is 9.84 Å². The first-order valence-electron chi connectivity index (χ1n) is 6.08. The van der Waals surface area contributed by atoms with Crippen molar-refractivity contribution in [3.05, 3.63) is 29.8 Å². The van der Waals surface area contributed by atoms with Gasteiger partial charge in [-0.1, -0.05) is 44.4 Å². The van der Waals surface area contributed by atoms with Crippen molar-refractivity contribution in [1.82, 2.24) is 0 Å². The lowest BCUT2D eigenvalue weighted by Gasteiger charge is -2.13. The normalized spacial score (nSPS) is 12.4. The smallest absolute Gasteiger partial charge is 0.122 e. The van der Waals surface area contributed by atoms with Gasteiger partial charge in [-0.2, -0.15) is 0 Å². The number of para-hydroxylation sites is 1. The van der Waals surface area contributed by atoms with E-state index in [1.165, 1.54) is 12.8 Å². The quantitative estimate of drug-likeness (QED) is 0.718. The summed E-state index contributed by atoms with van der Waals surface area (Å²) in [4.78, 5) is 0. The molecule has 0 fully saturated rings. The highest BCUT2D eigenvalue weighted by molar-refractivity contribution is 5.33. The molecule has 0 heterocycles. The number of rotatable bonds is 7. The van der Waals surface area contributed by atoms with Gasteiger partial charge >= 0.3 is 0 Å². The van der Waals surface area contributed by atoms with Gasteiger partial charge in [0.15, 0.2) is 0 Å². The standard InChI is InChI=1S/C14H22O2/c1-3-4-5-9-13(15)11-12-8-6-7-10-14(12)16-2/h6-8,10,13,15H,3-5,9,11H2,1-2H3. The van der Waals surface area contributed by atoms with Crippen LogP contribution in [0.4, 0.5) is 0 Å². The van der Waals surface area contributed by atoms with E-state index in [-0.39, 0.29) is 6.10 Å². The number of benzene rings is 1. The zero-order valence-electron chi connectivity index (χ0n) is 10.3. The fourth-order valence-electron chi connectivity index (χ4n) is 1.86. The molecule has 0 aromatic heterocycles. The van der Waals surface area contributed by atoms with E-state index >= 15 is 0 Å². The Morgan fingerprint density at radius 3 is 2.69 bits per heavy atom. The van der Waals surface area contributed by atoms with Gasteiger partial charge in [-0.05, 0) is 18.1 Å². The third-order valence-electron chi connectivity index (χ3n) is 2.79. The third kappa shape index (κ3) is 4.23. The third-order valence-corrected chi connectivity index (χ3v) is 2.79. The summed E-state index contributed by atoms with van der Waals surface area (Å²) in [5, 5.41) is 9.89. The molecular formula is C14H22O2. The van der Waals surface area contributed by atoms with Gasteiger partial charge in [0.25, 0.3) is 0 Å². The van der Waals surface area contributed by atoms with Crippen molar-refractivity contribution in [2.75, 3.05) is 7.11 Å². The van der Waals surface area contributed by atoms with E-state index in [1.54, 1.807) is 7.11 Å². The maximum atomic E-state index is 9.89. The van der Waals surface area contributed by atoms with Crippen molar-refractivity contribution in [3.63, 3.8) is 0 Å². The van der Waals surface area contributed by atoms with Crippen molar-refractivity contribution < 1.29 is 9.84 Å². The van der Waals surface area contributed by atoms with Crippen LogP contribution in [0, 0.1) is 0 Å². The minimum Gasteiger partial charge on any atom is -0.496 e. The van der Waals surface area contributed by atoms with Gasteiger partial charge in [0, 0.05) is 6.42 Å². The van der Waals surface area contributed by atoms with E-state index in [9.17, 15) is 5.11 Å². The number of hydrogen-bond acceptors (Lipinski definition) is 2. The summed E-state index contributed by atoms with van der Waals surface area (Å²) in [6.45, 7) is 2.17. The molecule has 0 radical (unpaired) electrons. The van der Waals surface area contributed by atoms with Gasteiger partial charge in [0.05, 0.1) is 13.2 Å². The van der Waals surface area contributed by atoms with Crippen molar-refractivity contribution in [3.8, 4) is 5.75 Å². The summed E-state index contributed by atoms with van der Waals surface area (Å²) in [7, 11) is 1.67. The second-order valence-electron chi connectivity index (χ2n) is 4.17. The molecule has 1 aromatic carbocycles. The zero-order valence-corrected chi connectivity index (χ0v) is 10.3. The molecule has 0 saturated heterocycles. The Balaban J connectivity index is 2.45. The second kappa shape index (κ2) is 7.29. The highest BCUT2D eigenvalue weighted by Gasteiger charge is 2.08. The topological polar surface area (TPSA) is 29.5 Å². The van der Waals surface area contributed by atoms with Crippen LogP contribution in [-0.4, -0.2) is 18.3 Å². The summed E-state index contributed by atoms with van der Waals surface area (Å²) < 4.78 is 5.26. The first-order valence-corrected chi connectivity index (χ1v) is 6.08. The largest absolute Gasteiger partial charge is 0.496 e. The maximum Gasteiger partial charge on any atom is 0.122 e. The van der Waals surface area contributed by atoms with Crippen molar-refractivity contribution in [2.24, 2.45) is 0 Å². The van der Waals surface area contributed by atoms with Crippen molar-refractivity contribution in [2.45, 2.75) is 45.1 Å². The van der Waals surface area contributed by atoms with E-state index in [0.29, 0.717) is 6.42 Å². The Bertz CT molecular complexity index is 297. The minimum atomic E-state index is -0.247. The average Bonchev–Trinajstić information content (AvgIpc) is 2.30. The molecule has 0 saturated carbocycles. The molecule has 0 aliphatic rings. The van der Waals surface area contributed by atoms with Crippen molar-refractivity contribution in [1.29, 1.82) is 0 Å². The molecule has 0 bridgehead atoms. The number of methoxy groups -OCH3 is 1. The molecule has 1 N–H and O–H groups in total. The fourth-order valence-corrected chi connectivity index (χ4v) is 1.86. The number of ether oxygens (including phenoxy) is 1. The first kappa shape index (κ1) is 13.0. The Labute approximate surface area is 98.3 Å². The molecule has 1 unspecified atom stereocenters. The number of unbranched alkanes of at least 4 members (excludes halogenated alkanes) is 2. The summed E-state index contributed by atoms with van der Waals surface area (Å²) >= 11 is 0. The van der Waals surface area contributed by atoms with Crippen LogP contribution >= 0.6 is 0 Å². The first-order chi connectivity index (χ1) is 7.77. The number of hydrogen-bond donors (Lipinski definition) is 1. The van der Waals surface area contributed by atoms with E-state index in [0.717, 1.165) is 24.2 Å². The van der Waals surface area contributed by atoms with E-state index in [2.05, 4.69) is 6.92 Å². The predicted molar refractivity (Wildman–Crippen MR) is 66.8 cm³/mol. The molecule has 1 rings (SSSR count). The molecule has 0 aliphatic carbocycles. The molecule has 0 aliphatic heterocycles. The monoisotopic (exact) mass is 222 g/mol. The highest BCUT2D eigenvalue weighted by Crippen LogP contribution is 2.20. The van der Waals surface area contributed by atoms with Crippen molar-refractivity contribution >= 4 is 0 Å². The molecule has 0 spiro atoms. The molecule has 2 nitrogen and oxygen atoms in total. The van der Waals surface area contributed by atoms with Crippen LogP contribution in [0.15, 0.2) is 24.3 Å². The molecule has 0 amide bonds. The number of aliphatic hydroxyl groups excluding tert-OH is 1. The van der Waals surface area contributed by atoms with Crippen LogP contribution in [0.1, 0.15) is 38.2 Å². The van der Waals surface area contributed by atoms with Gasteiger partial charge in [0.2, 0.25) is 0 Å². The lowest BCUT2D eigenvalue weighted by atomic mass is 10.0. The van der Waals surface area contributed by atoms with Crippen LogP contribution in [0.5, 0.6) is 5.75 Å². The highest BCUT2D eigenvalue weighted by atomic mass is 16.5. The lowest BCUT2D eigenvalue weighted by molar-refractivity contribution is 0.160. The molecule has 1 atom stereocenters. The van der Waals surface area contributed by atoms with Crippen LogP contribution < -0.4 is 4.74 Å². The van der Waals surface area contributed by atoms with E-state index < -0.39 is 0 Å². The Morgan fingerprint density at radius 1 is 1.25 bits per heavy atom. The molecule has 2 heteroatoms. The van der Waals surface area contributed by atoms with Gasteiger partial charge in [-0.3, -0.25) is 0 Å². The van der Waals surface area contributed by atoms with E-state index in [4.69, 9.17) is 4.74 Å². The van der Waals surface area contributed by atoms with Crippen LogP contribution in [-0.2, 0) is 6.42 Å². The molecule has 90 valence electrons. The maximum absolute atomic E-state index is 9.89. The van der Waals surface area contributed by atoms with Crippen LogP contribution in [0.3, 0.4) is 0 Å². The summed E-state index contributed by atoms with van der Waals surface area (Å²) in [6.07, 6.45) is 4.82. The minimum absolute atomic E-state index is 0.247. The summed E-state index contributed by atoms with van der Waals surface area (Å²) in [5.41, 5.74) is 1.09. The van der Waals surface area contributed by atoms with Gasteiger partial charge in [-0.25, -0.2) is 0 Å². The zero-order chi connectivity index (χ0) is 11.8. The Kier molecular flexibility index (Phi) is 5.94. The van der Waals surface area contributed by atoms with Crippen LogP contribution in [0.25, 0.3) is 0 Å². The summed E-state index contributed by atoms with van der Waals surface area (Å²) in [5.74, 6) is 0.872. The Morgan fingerprint density at radius 2 is 2.00 bits per heavy atom. The van der Waals surface area contributed by atoms with Gasteiger partial charge in [0.1, 0.15) is 5.75 Å².